The van der Waals surface area contributed by atoms with Crippen molar-refractivity contribution in [1.29, 1.82) is 0 Å². The third-order valence-corrected chi connectivity index (χ3v) is 6.89. The maximum absolute atomic E-state index is 12.8. The lowest BCUT2D eigenvalue weighted by molar-refractivity contribution is -0.129. The molecule has 1 aliphatic heterocycles. The highest BCUT2D eigenvalue weighted by Crippen LogP contribution is 2.35. The summed E-state index contributed by atoms with van der Waals surface area (Å²) in [5.41, 5.74) is 3.43. The van der Waals surface area contributed by atoms with Crippen molar-refractivity contribution in [3.05, 3.63) is 59.9 Å². The van der Waals surface area contributed by atoms with Crippen molar-refractivity contribution < 1.29 is 9.53 Å². The fourth-order valence-electron chi connectivity index (χ4n) is 5.19. The Morgan fingerprint density at radius 2 is 1.84 bits per heavy atom. The van der Waals surface area contributed by atoms with Gasteiger partial charge in [-0.15, -0.1) is 0 Å². The molecule has 1 atom stereocenters. The molecule has 31 heavy (non-hydrogen) atoms. The average Bonchev–Trinajstić information content (AvgIpc) is 3.53. The van der Waals surface area contributed by atoms with Crippen LogP contribution in [0.3, 0.4) is 0 Å². The molecule has 2 aromatic carbocycles. The molecule has 0 radical (unpaired) electrons. The van der Waals surface area contributed by atoms with Crippen LogP contribution in [0.25, 0.3) is 11.0 Å². The van der Waals surface area contributed by atoms with E-state index in [9.17, 15) is 4.79 Å². The van der Waals surface area contributed by atoms with Gasteiger partial charge >= 0.3 is 0 Å². The number of ether oxygens (including phenoxy) is 1. The monoisotopic (exact) mass is 417 g/mol. The molecule has 5 heteroatoms. The first-order chi connectivity index (χ1) is 15.2. The van der Waals surface area contributed by atoms with Crippen LogP contribution in [0.4, 0.5) is 0 Å². The van der Waals surface area contributed by atoms with Crippen LogP contribution < -0.4 is 4.74 Å². The van der Waals surface area contributed by atoms with Gasteiger partial charge in [0.1, 0.15) is 18.2 Å². The Balaban J connectivity index is 1.35. The van der Waals surface area contributed by atoms with Gasteiger partial charge in [-0.3, -0.25) is 4.79 Å². The van der Waals surface area contributed by atoms with E-state index >= 15 is 0 Å². The van der Waals surface area contributed by atoms with E-state index in [-0.39, 0.29) is 5.92 Å². The van der Waals surface area contributed by atoms with Crippen molar-refractivity contribution in [2.75, 3.05) is 13.2 Å². The largest absolute Gasteiger partial charge is 0.492 e. The van der Waals surface area contributed by atoms with Gasteiger partial charge in [-0.25, -0.2) is 4.98 Å². The summed E-state index contributed by atoms with van der Waals surface area (Å²) in [6, 6.07) is 17.0. The Kier molecular flexibility index (Phi) is 5.66. The number of carbonyl (C=O) groups is 1. The molecule has 2 aliphatic rings. The zero-order valence-electron chi connectivity index (χ0n) is 18.3. The Morgan fingerprint density at radius 3 is 2.61 bits per heavy atom. The van der Waals surface area contributed by atoms with Gasteiger partial charge in [-0.1, -0.05) is 44.0 Å². The minimum Gasteiger partial charge on any atom is -0.492 e. The number of likely N-dealkylation sites (tertiary alicyclic amines) is 1. The van der Waals surface area contributed by atoms with Gasteiger partial charge < -0.3 is 14.2 Å². The minimum absolute atomic E-state index is 0.157. The smallest absolute Gasteiger partial charge is 0.223 e. The summed E-state index contributed by atoms with van der Waals surface area (Å²) in [5.74, 6) is 2.37. The number of hydrogen-bond acceptors (Lipinski definition) is 3. The molecule has 1 aromatic heterocycles. The summed E-state index contributed by atoms with van der Waals surface area (Å²) in [7, 11) is 0. The molecule has 0 N–H and O–H groups in total. The lowest BCUT2D eigenvalue weighted by Gasteiger charge is -2.24. The summed E-state index contributed by atoms with van der Waals surface area (Å²) in [4.78, 5) is 19.9. The van der Waals surface area contributed by atoms with E-state index in [2.05, 4.69) is 46.7 Å². The summed E-state index contributed by atoms with van der Waals surface area (Å²) >= 11 is 0. The fourth-order valence-corrected chi connectivity index (χ4v) is 5.19. The van der Waals surface area contributed by atoms with Crippen LogP contribution in [0, 0.1) is 0 Å². The predicted octanol–water partition coefficient (Wildman–Crippen LogP) is 4.94. The van der Waals surface area contributed by atoms with E-state index < -0.39 is 0 Å². The lowest BCUT2D eigenvalue weighted by atomic mass is 10.1. The van der Waals surface area contributed by atoms with Crippen LogP contribution in [-0.2, 0) is 17.8 Å². The average molecular weight is 418 g/mol. The number of benzene rings is 2. The van der Waals surface area contributed by atoms with Gasteiger partial charge in [0, 0.05) is 24.9 Å². The second-order valence-corrected chi connectivity index (χ2v) is 8.84. The van der Waals surface area contributed by atoms with Crippen molar-refractivity contribution >= 4 is 16.9 Å². The Morgan fingerprint density at radius 1 is 1.06 bits per heavy atom. The van der Waals surface area contributed by atoms with Crippen molar-refractivity contribution in [3.8, 4) is 5.75 Å². The van der Waals surface area contributed by atoms with Crippen molar-refractivity contribution in [2.45, 2.75) is 64.0 Å². The van der Waals surface area contributed by atoms with Crippen molar-refractivity contribution in [1.82, 2.24) is 14.5 Å². The van der Waals surface area contributed by atoms with Crippen LogP contribution in [0.2, 0.25) is 0 Å². The normalized spacial score (nSPS) is 19.6. The molecule has 1 aliphatic carbocycles. The van der Waals surface area contributed by atoms with Crippen LogP contribution >= 0.6 is 0 Å². The van der Waals surface area contributed by atoms with Gasteiger partial charge in [0.25, 0.3) is 0 Å². The summed E-state index contributed by atoms with van der Waals surface area (Å²) in [6.45, 7) is 4.25. The molecule has 162 valence electrons. The molecule has 1 saturated carbocycles. The number of para-hydroxylation sites is 2. The lowest BCUT2D eigenvalue weighted by Crippen LogP contribution is -2.34. The number of imidazole rings is 1. The van der Waals surface area contributed by atoms with E-state index in [4.69, 9.17) is 9.72 Å². The van der Waals surface area contributed by atoms with Gasteiger partial charge in [0.2, 0.25) is 5.91 Å². The van der Waals surface area contributed by atoms with Crippen LogP contribution in [-0.4, -0.2) is 39.6 Å². The quantitative estimate of drug-likeness (QED) is 0.547. The van der Waals surface area contributed by atoms with E-state index in [1.807, 2.05) is 18.2 Å². The zero-order chi connectivity index (χ0) is 21.2. The molecule has 1 saturated heterocycles. The van der Waals surface area contributed by atoms with Crippen molar-refractivity contribution in [2.24, 2.45) is 0 Å². The number of nitrogens with zero attached hydrogens (tertiary/aromatic N) is 3. The van der Waals surface area contributed by atoms with Gasteiger partial charge in [0.15, 0.2) is 0 Å². The Hall–Kier alpha value is -2.82. The number of hydrogen-bond donors (Lipinski definition) is 0. The molecule has 0 bridgehead atoms. The molecular weight excluding hydrogens is 386 g/mol. The van der Waals surface area contributed by atoms with Crippen molar-refractivity contribution in [3.63, 3.8) is 0 Å². The maximum Gasteiger partial charge on any atom is 0.223 e. The van der Waals surface area contributed by atoms with Gasteiger partial charge in [-0.2, -0.15) is 0 Å². The first kappa shape index (κ1) is 20.1. The fraction of sp³-hybridized carbons (Fsp3) is 0.462. The standard InChI is InChI=1S/C26H31N3O2/c1-2-19-11-13-22(14-12-19)31-16-15-28-24-10-6-5-9-23(24)27-26(28)20-17-25(30)29(18-20)21-7-3-4-8-21/h5-6,9-14,20-21H,2-4,7-8,15-18H2,1H3. The highest BCUT2D eigenvalue weighted by atomic mass is 16.5. The number of carbonyl (C=O) groups excluding carboxylic acids is 1. The minimum atomic E-state index is 0.157. The van der Waals surface area contributed by atoms with E-state index in [1.165, 1.54) is 18.4 Å². The number of aryl methyl sites for hydroxylation is 1. The Labute approximate surface area is 184 Å². The summed E-state index contributed by atoms with van der Waals surface area (Å²) < 4.78 is 8.31. The first-order valence-corrected chi connectivity index (χ1v) is 11.7. The maximum atomic E-state index is 12.8. The van der Waals surface area contributed by atoms with Gasteiger partial charge in [-0.05, 0) is 49.1 Å². The van der Waals surface area contributed by atoms with Gasteiger partial charge in [0.05, 0.1) is 17.6 Å². The molecule has 5 rings (SSSR count). The molecule has 1 amide bonds. The topological polar surface area (TPSA) is 47.4 Å². The summed E-state index contributed by atoms with van der Waals surface area (Å²) in [6.07, 6.45) is 6.39. The SMILES string of the molecule is CCc1ccc(OCCn2c(C3CC(=O)N(C4CCCC4)C3)nc3ccccc32)cc1. The second kappa shape index (κ2) is 8.74. The molecule has 2 fully saturated rings. The third kappa shape index (κ3) is 4.06. The number of amides is 1. The van der Waals surface area contributed by atoms with Crippen LogP contribution in [0.1, 0.15) is 56.3 Å². The third-order valence-electron chi connectivity index (χ3n) is 6.89. The molecule has 1 unspecified atom stereocenters. The second-order valence-electron chi connectivity index (χ2n) is 8.84. The zero-order valence-corrected chi connectivity index (χ0v) is 18.3. The summed E-state index contributed by atoms with van der Waals surface area (Å²) in [5, 5.41) is 0. The predicted molar refractivity (Wildman–Crippen MR) is 122 cm³/mol. The highest BCUT2D eigenvalue weighted by molar-refractivity contribution is 5.81. The van der Waals surface area contributed by atoms with Crippen LogP contribution in [0.5, 0.6) is 5.75 Å². The molecular formula is C26H31N3O2. The number of rotatable bonds is 7. The molecule has 5 nitrogen and oxygen atoms in total. The molecule has 0 spiro atoms. The first-order valence-electron chi connectivity index (χ1n) is 11.7. The van der Waals surface area contributed by atoms with Crippen LogP contribution in [0.15, 0.2) is 48.5 Å². The van der Waals surface area contributed by atoms with E-state index in [0.717, 1.165) is 55.0 Å². The Bertz CT molecular complexity index is 1050. The van der Waals surface area contributed by atoms with E-state index in [0.29, 0.717) is 25.0 Å². The molecule has 3 aromatic rings. The highest BCUT2D eigenvalue weighted by Gasteiger charge is 2.38. The van der Waals surface area contributed by atoms with E-state index in [1.54, 1.807) is 0 Å². The number of aromatic nitrogens is 2. The molecule has 2 heterocycles. The number of fused-ring (bicyclic) bond motifs is 1.